The molecule has 0 amide bonds. The van der Waals surface area contributed by atoms with Gasteiger partial charge in [0, 0.05) is 19.3 Å². The lowest BCUT2D eigenvalue weighted by molar-refractivity contribution is -0.167. The van der Waals surface area contributed by atoms with Gasteiger partial charge in [-0.15, -0.1) is 0 Å². The molecule has 0 aromatic carbocycles. The van der Waals surface area contributed by atoms with Gasteiger partial charge in [-0.25, -0.2) is 0 Å². The van der Waals surface area contributed by atoms with Crippen LogP contribution in [0.3, 0.4) is 0 Å². The SMILES string of the molecule is CCCCCCCCCC/C=C\CCCCCCCCCCCCCCCC(=O)OCC(COC(=O)CCCCCCCCCCCC)OC(=O)CCCCCCCCCCCC. The summed E-state index contributed by atoms with van der Waals surface area (Å²) in [5.41, 5.74) is 0. The smallest absolute Gasteiger partial charge is 0.306 e. The Bertz CT molecular complexity index is 978. The van der Waals surface area contributed by atoms with Crippen LogP contribution in [0.2, 0.25) is 0 Å². The van der Waals surface area contributed by atoms with E-state index in [-0.39, 0.29) is 31.1 Å². The van der Waals surface area contributed by atoms with Crippen LogP contribution < -0.4 is 0 Å². The highest BCUT2D eigenvalue weighted by molar-refractivity contribution is 5.71. The Kier molecular flexibility index (Phi) is 51.2. The molecule has 0 N–H and O–H groups in total. The Balaban J connectivity index is 4.09. The second-order valence-electron chi connectivity index (χ2n) is 19.2. The third-order valence-electron chi connectivity index (χ3n) is 12.8. The van der Waals surface area contributed by atoms with E-state index in [1.165, 1.54) is 218 Å². The number of carbonyl (C=O) groups is 3. The van der Waals surface area contributed by atoms with Gasteiger partial charge < -0.3 is 14.2 Å². The Hall–Kier alpha value is -1.85. The van der Waals surface area contributed by atoms with E-state index in [0.717, 1.165) is 57.8 Å². The normalized spacial score (nSPS) is 12.0. The first-order valence-corrected chi connectivity index (χ1v) is 28.2. The van der Waals surface area contributed by atoms with E-state index in [1.807, 2.05) is 0 Å². The van der Waals surface area contributed by atoms with Gasteiger partial charge >= 0.3 is 17.9 Å². The minimum atomic E-state index is -0.761. The molecule has 0 radical (unpaired) electrons. The number of ether oxygens (including phenoxy) is 3. The van der Waals surface area contributed by atoms with E-state index in [1.54, 1.807) is 0 Å². The van der Waals surface area contributed by atoms with Crippen molar-refractivity contribution in [2.75, 3.05) is 13.2 Å². The molecule has 0 saturated heterocycles. The summed E-state index contributed by atoms with van der Waals surface area (Å²) in [7, 11) is 0. The van der Waals surface area contributed by atoms with Gasteiger partial charge in [0.25, 0.3) is 0 Å². The van der Waals surface area contributed by atoms with Gasteiger partial charge in [-0.2, -0.15) is 0 Å². The van der Waals surface area contributed by atoms with Crippen LogP contribution in [0.15, 0.2) is 12.2 Å². The molecule has 6 nitrogen and oxygen atoms in total. The van der Waals surface area contributed by atoms with E-state index in [0.29, 0.717) is 19.3 Å². The predicted molar refractivity (Wildman–Crippen MR) is 270 cm³/mol. The topological polar surface area (TPSA) is 78.9 Å². The van der Waals surface area contributed by atoms with Crippen LogP contribution >= 0.6 is 0 Å². The fraction of sp³-hybridized carbons (Fsp3) is 0.912. The summed E-state index contributed by atoms with van der Waals surface area (Å²) in [5, 5.41) is 0. The van der Waals surface area contributed by atoms with Crippen LogP contribution in [0.4, 0.5) is 0 Å². The van der Waals surface area contributed by atoms with Crippen LogP contribution in [-0.4, -0.2) is 37.2 Å². The standard InChI is InChI=1S/C57H108O6/c1-4-7-10-13-16-19-22-23-24-25-26-27-28-29-30-31-32-33-34-35-36-39-41-44-47-50-56(59)62-53-54(63-57(60)51-48-45-42-38-21-18-15-12-9-6-3)52-61-55(58)49-46-43-40-37-20-17-14-11-8-5-2/h25-26,54H,4-24,27-53H2,1-3H3/b26-25-. The second-order valence-corrected chi connectivity index (χ2v) is 19.2. The molecule has 0 aliphatic heterocycles. The molecule has 0 aromatic rings. The summed E-state index contributed by atoms with van der Waals surface area (Å²) < 4.78 is 16.8. The summed E-state index contributed by atoms with van der Waals surface area (Å²) in [4.78, 5) is 37.9. The summed E-state index contributed by atoms with van der Waals surface area (Å²) in [6.45, 7) is 6.65. The first kappa shape index (κ1) is 61.1. The van der Waals surface area contributed by atoms with Crippen molar-refractivity contribution in [3.05, 3.63) is 12.2 Å². The summed E-state index contributed by atoms with van der Waals surface area (Å²) >= 11 is 0. The highest BCUT2D eigenvalue weighted by atomic mass is 16.6. The average Bonchev–Trinajstić information content (AvgIpc) is 3.28. The number of hydrogen-bond acceptors (Lipinski definition) is 6. The van der Waals surface area contributed by atoms with Crippen molar-refractivity contribution < 1.29 is 28.6 Å². The Labute approximate surface area is 392 Å². The zero-order chi connectivity index (χ0) is 45.8. The van der Waals surface area contributed by atoms with Crippen molar-refractivity contribution in [3.63, 3.8) is 0 Å². The van der Waals surface area contributed by atoms with Crippen molar-refractivity contribution in [1.82, 2.24) is 0 Å². The van der Waals surface area contributed by atoms with Gasteiger partial charge in [0.1, 0.15) is 13.2 Å². The molecule has 0 aromatic heterocycles. The average molecular weight is 889 g/mol. The Morgan fingerprint density at radius 1 is 0.302 bits per heavy atom. The zero-order valence-electron chi connectivity index (χ0n) is 42.6. The number of hydrogen-bond donors (Lipinski definition) is 0. The number of carbonyl (C=O) groups excluding carboxylic acids is 3. The fourth-order valence-corrected chi connectivity index (χ4v) is 8.50. The molecule has 0 saturated carbocycles. The summed E-state index contributed by atoms with van der Waals surface area (Å²) in [6, 6.07) is 0. The van der Waals surface area contributed by atoms with Gasteiger partial charge in [0.05, 0.1) is 0 Å². The highest BCUT2D eigenvalue weighted by Gasteiger charge is 2.19. The summed E-state index contributed by atoms with van der Waals surface area (Å²) in [5.74, 6) is -0.850. The number of esters is 3. The van der Waals surface area contributed by atoms with Gasteiger partial charge in [-0.1, -0.05) is 264 Å². The van der Waals surface area contributed by atoms with Crippen molar-refractivity contribution in [1.29, 1.82) is 0 Å². The van der Waals surface area contributed by atoms with Crippen molar-refractivity contribution in [2.24, 2.45) is 0 Å². The quantitative estimate of drug-likeness (QED) is 0.0262. The Morgan fingerprint density at radius 3 is 0.794 bits per heavy atom. The monoisotopic (exact) mass is 889 g/mol. The summed E-state index contributed by atoms with van der Waals surface area (Å²) in [6.07, 6.45) is 59.4. The third kappa shape index (κ3) is 51.0. The maximum Gasteiger partial charge on any atom is 0.306 e. The Morgan fingerprint density at radius 2 is 0.524 bits per heavy atom. The van der Waals surface area contributed by atoms with Gasteiger partial charge in [-0.3, -0.25) is 14.4 Å². The van der Waals surface area contributed by atoms with Crippen LogP contribution in [0.25, 0.3) is 0 Å². The van der Waals surface area contributed by atoms with Crippen LogP contribution in [0.1, 0.15) is 316 Å². The molecule has 1 atom stereocenters. The molecule has 0 heterocycles. The molecule has 0 aliphatic rings. The molecule has 6 heteroatoms. The van der Waals surface area contributed by atoms with Crippen LogP contribution in [-0.2, 0) is 28.6 Å². The number of rotatable bonds is 52. The molecule has 0 rings (SSSR count). The highest BCUT2D eigenvalue weighted by Crippen LogP contribution is 2.17. The van der Waals surface area contributed by atoms with Crippen molar-refractivity contribution in [3.8, 4) is 0 Å². The van der Waals surface area contributed by atoms with Gasteiger partial charge in [0.15, 0.2) is 6.10 Å². The van der Waals surface area contributed by atoms with Crippen LogP contribution in [0, 0.1) is 0 Å². The van der Waals surface area contributed by atoms with E-state index >= 15 is 0 Å². The second kappa shape index (κ2) is 52.8. The molecule has 0 bridgehead atoms. The lowest BCUT2D eigenvalue weighted by Crippen LogP contribution is -2.30. The first-order chi connectivity index (χ1) is 31.0. The molecule has 63 heavy (non-hydrogen) atoms. The van der Waals surface area contributed by atoms with E-state index < -0.39 is 6.10 Å². The van der Waals surface area contributed by atoms with Crippen molar-refractivity contribution in [2.45, 2.75) is 322 Å². The molecule has 372 valence electrons. The molecule has 0 spiro atoms. The number of unbranched alkanes of at least 4 members (excludes halogenated alkanes) is 39. The molecular formula is C57H108O6. The molecule has 1 unspecified atom stereocenters. The van der Waals surface area contributed by atoms with Crippen molar-refractivity contribution >= 4 is 17.9 Å². The lowest BCUT2D eigenvalue weighted by atomic mass is 10.0. The zero-order valence-corrected chi connectivity index (χ0v) is 42.6. The van der Waals surface area contributed by atoms with E-state index in [4.69, 9.17) is 14.2 Å². The minimum Gasteiger partial charge on any atom is -0.462 e. The maximum absolute atomic E-state index is 12.7. The lowest BCUT2D eigenvalue weighted by Gasteiger charge is -2.18. The predicted octanol–water partition coefficient (Wildman–Crippen LogP) is 18.5. The number of allylic oxidation sites excluding steroid dienone is 2. The van der Waals surface area contributed by atoms with Gasteiger partial charge in [-0.05, 0) is 44.9 Å². The fourth-order valence-electron chi connectivity index (χ4n) is 8.50. The van der Waals surface area contributed by atoms with E-state index in [9.17, 15) is 14.4 Å². The van der Waals surface area contributed by atoms with Gasteiger partial charge in [0.2, 0.25) is 0 Å². The molecular weight excluding hydrogens is 781 g/mol. The molecule has 0 aliphatic carbocycles. The third-order valence-corrected chi connectivity index (χ3v) is 12.8. The minimum absolute atomic E-state index is 0.0645. The maximum atomic E-state index is 12.7. The first-order valence-electron chi connectivity index (χ1n) is 28.2. The molecule has 0 fully saturated rings. The van der Waals surface area contributed by atoms with Crippen LogP contribution in [0.5, 0.6) is 0 Å². The van der Waals surface area contributed by atoms with E-state index in [2.05, 4.69) is 32.9 Å². The largest absolute Gasteiger partial charge is 0.462 e.